The van der Waals surface area contributed by atoms with Crippen molar-refractivity contribution in [2.24, 2.45) is 0 Å². The topological polar surface area (TPSA) is 20.2 Å². The van der Waals surface area contributed by atoms with E-state index < -0.39 is 6.10 Å². The van der Waals surface area contributed by atoms with Gasteiger partial charge in [0.25, 0.3) is 0 Å². The van der Waals surface area contributed by atoms with Crippen LogP contribution in [-0.4, -0.2) is 5.11 Å². The Balaban J connectivity index is 2.39. The van der Waals surface area contributed by atoms with Gasteiger partial charge in [-0.25, -0.2) is 4.39 Å². The van der Waals surface area contributed by atoms with E-state index in [2.05, 4.69) is 15.9 Å². The van der Waals surface area contributed by atoms with Crippen LogP contribution < -0.4 is 0 Å². The number of rotatable bonds is 2. The normalized spacial score (nSPS) is 12.8. The Hall–Kier alpha value is -0.710. The van der Waals surface area contributed by atoms with Gasteiger partial charge in [-0.15, -0.1) is 11.3 Å². The average molecular weight is 301 g/mol. The number of hydrogen-bond acceptors (Lipinski definition) is 2. The van der Waals surface area contributed by atoms with E-state index >= 15 is 0 Å². The van der Waals surface area contributed by atoms with Gasteiger partial charge in [-0.1, -0.05) is 18.2 Å². The van der Waals surface area contributed by atoms with Gasteiger partial charge in [-0.3, -0.25) is 0 Å². The summed E-state index contributed by atoms with van der Waals surface area (Å²) in [7, 11) is 0. The fraction of sp³-hybridized carbons (Fsp3) is 0.167. The van der Waals surface area contributed by atoms with Crippen molar-refractivity contribution in [1.82, 2.24) is 0 Å². The molecule has 0 amide bonds. The predicted octanol–water partition coefficient (Wildman–Crippen LogP) is 4.04. The molecule has 1 aromatic heterocycles. The SMILES string of the molecule is Cc1sc(C(O)c2ccccc2F)cc1Br. The maximum absolute atomic E-state index is 13.5. The van der Waals surface area contributed by atoms with Crippen molar-refractivity contribution in [3.63, 3.8) is 0 Å². The van der Waals surface area contributed by atoms with Crippen LogP contribution in [0.3, 0.4) is 0 Å². The minimum atomic E-state index is -0.892. The van der Waals surface area contributed by atoms with Crippen LogP contribution in [0.4, 0.5) is 4.39 Å². The number of aliphatic hydroxyl groups is 1. The number of aryl methyl sites for hydroxylation is 1. The zero-order chi connectivity index (χ0) is 11.7. The Morgan fingerprint density at radius 1 is 1.38 bits per heavy atom. The van der Waals surface area contributed by atoms with Gasteiger partial charge in [0.15, 0.2) is 0 Å². The molecule has 4 heteroatoms. The molecule has 0 aliphatic heterocycles. The highest BCUT2D eigenvalue weighted by Crippen LogP contribution is 2.34. The molecule has 0 aliphatic carbocycles. The van der Waals surface area contributed by atoms with E-state index in [1.807, 2.05) is 13.0 Å². The molecule has 0 saturated heterocycles. The molecule has 16 heavy (non-hydrogen) atoms. The lowest BCUT2D eigenvalue weighted by Crippen LogP contribution is -1.99. The Bertz CT molecular complexity index is 490. The Kier molecular flexibility index (Phi) is 3.42. The molecule has 1 nitrogen and oxygen atoms in total. The molecule has 1 heterocycles. The second-order valence-electron chi connectivity index (χ2n) is 3.48. The molecule has 84 valence electrons. The van der Waals surface area contributed by atoms with Crippen molar-refractivity contribution in [3.05, 3.63) is 55.9 Å². The molecular formula is C12H10BrFOS. The lowest BCUT2D eigenvalue weighted by atomic mass is 10.1. The highest BCUT2D eigenvalue weighted by Gasteiger charge is 2.17. The zero-order valence-corrected chi connectivity index (χ0v) is 11.0. The summed E-state index contributed by atoms with van der Waals surface area (Å²) in [5.74, 6) is -0.378. The van der Waals surface area contributed by atoms with Crippen molar-refractivity contribution >= 4 is 27.3 Å². The molecule has 1 unspecified atom stereocenters. The third kappa shape index (κ3) is 2.19. The second kappa shape index (κ2) is 4.65. The van der Waals surface area contributed by atoms with E-state index in [1.54, 1.807) is 18.2 Å². The van der Waals surface area contributed by atoms with Gasteiger partial charge in [0.05, 0.1) is 0 Å². The van der Waals surface area contributed by atoms with E-state index in [-0.39, 0.29) is 5.82 Å². The molecule has 1 N–H and O–H groups in total. The molecule has 0 bridgehead atoms. The summed E-state index contributed by atoms with van der Waals surface area (Å²) in [6, 6.07) is 8.12. The van der Waals surface area contributed by atoms with Crippen molar-refractivity contribution in [1.29, 1.82) is 0 Å². The number of thiophene rings is 1. The van der Waals surface area contributed by atoms with Crippen LogP contribution in [0, 0.1) is 12.7 Å². The van der Waals surface area contributed by atoms with Crippen LogP contribution in [0.25, 0.3) is 0 Å². The second-order valence-corrected chi connectivity index (χ2v) is 5.62. The Morgan fingerprint density at radius 3 is 2.62 bits per heavy atom. The first kappa shape index (κ1) is 11.8. The van der Waals surface area contributed by atoms with Gasteiger partial charge in [0.1, 0.15) is 11.9 Å². The van der Waals surface area contributed by atoms with Gasteiger partial charge >= 0.3 is 0 Å². The van der Waals surface area contributed by atoms with E-state index in [0.717, 1.165) is 14.2 Å². The molecule has 0 fully saturated rings. The van der Waals surface area contributed by atoms with Gasteiger partial charge in [-0.05, 0) is 35.0 Å². The first-order valence-corrected chi connectivity index (χ1v) is 6.39. The molecule has 1 atom stereocenters. The zero-order valence-electron chi connectivity index (χ0n) is 8.58. The maximum atomic E-state index is 13.5. The summed E-state index contributed by atoms with van der Waals surface area (Å²) < 4.78 is 14.4. The molecule has 0 radical (unpaired) electrons. The molecule has 0 aliphatic rings. The van der Waals surface area contributed by atoms with Crippen LogP contribution in [0.5, 0.6) is 0 Å². The van der Waals surface area contributed by atoms with Gasteiger partial charge in [0.2, 0.25) is 0 Å². The van der Waals surface area contributed by atoms with E-state index in [9.17, 15) is 9.50 Å². The quantitative estimate of drug-likeness (QED) is 0.887. The number of hydrogen-bond donors (Lipinski definition) is 1. The average Bonchev–Trinajstić information content (AvgIpc) is 2.59. The monoisotopic (exact) mass is 300 g/mol. The van der Waals surface area contributed by atoms with Crippen molar-refractivity contribution in [2.45, 2.75) is 13.0 Å². The van der Waals surface area contributed by atoms with Crippen LogP contribution in [0.15, 0.2) is 34.8 Å². The molecule has 0 saturated carbocycles. The molecule has 0 spiro atoms. The maximum Gasteiger partial charge on any atom is 0.129 e. The van der Waals surface area contributed by atoms with E-state index in [0.29, 0.717) is 5.56 Å². The van der Waals surface area contributed by atoms with Crippen molar-refractivity contribution in [3.8, 4) is 0 Å². The highest BCUT2D eigenvalue weighted by atomic mass is 79.9. The fourth-order valence-corrected chi connectivity index (χ4v) is 3.03. The molecule has 2 aromatic rings. The van der Waals surface area contributed by atoms with Crippen LogP contribution >= 0.6 is 27.3 Å². The highest BCUT2D eigenvalue weighted by molar-refractivity contribution is 9.10. The first-order valence-electron chi connectivity index (χ1n) is 4.78. The van der Waals surface area contributed by atoms with Crippen molar-refractivity contribution in [2.75, 3.05) is 0 Å². The number of benzene rings is 1. The molecule has 2 rings (SSSR count). The number of halogens is 2. The summed E-state index contributed by atoms with van der Waals surface area (Å²) in [4.78, 5) is 1.82. The summed E-state index contributed by atoms with van der Waals surface area (Å²) in [6.07, 6.45) is -0.892. The van der Waals surface area contributed by atoms with Crippen LogP contribution in [-0.2, 0) is 0 Å². The largest absolute Gasteiger partial charge is 0.383 e. The minimum Gasteiger partial charge on any atom is -0.383 e. The molecule has 1 aromatic carbocycles. The third-order valence-electron chi connectivity index (χ3n) is 2.35. The minimum absolute atomic E-state index is 0.316. The lowest BCUT2D eigenvalue weighted by Gasteiger charge is -2.09. The standard InChI is InChI=1S/C12H10BrFOS/c1-7-9(13)6-11(16-7)12(15)8-4-2-3-5-10(8)14/h2-6,12,15H,1H3. The smallest absolute Gasteiger partial charge is 0.129 e. The lowest BCUT2D eigenvalue weighted by molar-refractivity contribution is 0.218. The summed E-state index contributed by atoms with van der Waals surface area (Å²) in [5, 5.41) is 10.1. The summed E-state index contributed by atoms with van der Waals surface area (Å²) in [6.45, 7) is 1.95. The van der Waals surface area contributed by atoms with E-state index in [1.165, 1.54) is 17.4 Å². The molecular weight excluding hydrogens is 291 g/mol. The number of aliphatic hydroxyl groups excluding tert-OH is 1. The summed E-state index contributed by atoms with van der Waals surface area (Å²) in [5.41, 5.74) is 0.316. The van der Waals surface area contributed by atoms with Gasteiger partial charge in [0, 0.05) is 19.8 Å². The predicted molar refractivity (Wildman–Crippen MR) is 67.2 cm³/mol. The summed E-state index contributed by atoms with van der Waals surface area (Å²) >= 11 is 4.84. The van der Waals surface area contributed by atoms with Gasteiger partial charge in [-0.2, -0.15) is 0 Å². The Labute approximate surface area is 106 Å². The Morgan fingerprint density at radius 2 is 2.06 bits per heavy atom. The van der Waals surface area contributed by atoms with E-state index in [4.69, 9.17) is 0 Å². The fourth-order valence-electron chi connectivity index (χ4n) is 1.47. The third-order valence-corrected chi connectivity index (χ3v) is 4.53. The van der Waals surface area contributed by atoms with Crippen LogP contribution in [0.1, 0.15) is 21.4 Å². The first-order chi connectivity index (χ1) is 7.59. The van der Waals surface area contributed by atoms with Gasteiger partial charge < -0.3 is 5.11 Å². The van der Waals surface area contributed by atoms with Crippen LogP contribution in [0.2, 0.25) is 0 Å². The van der Waals surface area contributed by atoms with Crippen molar-refractivity contribution < 1.29 is 9.50 Å².